The molecule has 1 aromatic carbocycles. The molecule has 1 aromatic rings. The highest BCUT2D eigenvalue weighted by Gasteiger charge is 2.21. The molecule has 0 spiro atoms. The molecule has 4 heteroatoms. The van der Waals surface area contributed by atoms with E-state index < -0.39 is 0 Å². The molecule has 0 saturated heterocycles. The second-order valence-electron chi connectivity index (χ2n) is 4.90. The molecular weight excluding hydrogens is 277 g/mol. The third-order valence-electron chi connectivity index (χ3n) is 3.34. The fraction of sp³-hybridized carbons (Fsp3) is 0.625. The Kier molecular flexibility index (Phi) is 8.12. The Bertz CT molecular complexity index is 400. The van der Waals surface area contributed by atoms with Gasteiger partial charge in [0.25, 0.3) is 0 Å². The van der Waals surface area contributed by atoms with Gasteiger partial charge in [0.15, 0.2) is 0 Å². The number of rotatable bonds is 9. The third-order valence-corrected chi connectivity index (χ3v) is 3.57. The quantitative estimate of drug-likeness (QED) is 0.738. The SMILES string of the molecule is CCCNC(Cc1cc(Cl)ccc1F)C(CC)OCC. The summed E-state index contributed by atoms with van der Waals surface area (Å²) < 4.78 is 19.7. The monoisotopic (exact) mass is 301 g/mol. The first-order valence-electron chi connectivity index (χ1n) is 7.41. The van der Waals surface area contributed by atoms with E-state index in [0.717, 1.165) is 19.4 Å². The molecular formula is C16H25ClFNO. The van der Waals surface area contributed by atoms with E-state index in [-0.39, 0.29) is 18.0 Å². The van der Waals surface area contributed by atoms with Crippen LogP contribution in [0.4, 0.5) is 4.39 Å². The first kappa shape index (κ1) is 17.4. The molecule has 1 rings (SSSR count). The summed E-state index contributed by atoms with van der Waals surface area (Å²) in [5.74, 6) is -0.205. The van der Waals surface area contributed by atoms with Gasteiger partial charge >= 0.3 is 0 Å². The van der Waals surface area contributed by atoms with Crippen molar-refractivity contribution >= 4 is 11.6 Å². The summed E-state index contributed by atoms with van der Waals surface area (Å²) >= 11 is 5.96. The van der Waals surface area contributed by atoms with Gasteiger partial charge in [0.05, 0.1) is 6.10 Å². The molecule has 2 nitrogen and oxygen atoms in total. The number of hydrogen-bond acceptors (Lipinski definition) is 2. The summed E-state index contributed by atoms with van der Waals surface area (Å²) in [4.78, 5) is 0. The highest BCUT2D eigenvalue weighted by Crippen LogP contribution is 2.19. The van der Waals surface area contributed by atoms with E-state index in [4.69, 9.17) is 16.3 Å². The van der Waals surface area contributed by atoms with Crippen LogP contribution in [0.2, 0.25) is 5.02 Å². The van der Waals surface area contributed by atoms with Crippen LogP contribution >= 0.6 is 11.6 Å². The van der Waals surface area contributed by atoms with E-state index in [1.54, 1.807) is 12.1 Å². The van der Waals surface area contributed by atoms with Crippen LogP contribution in [0.3, 0.4) is 0 Å². The molecule has 114 valence electrons. The van der Waals surface area contributed by atoms with Crippen molar-refractivity contribution in [1.29, 1.82) is 0 Å². The molecule has 0 amide bonds. The lowest BCUT2D eigenvalue weighted by Gasteiger charge is -2.27. The van der Waals surface area contributed by atoms with Gasteiger partial charge in [-0.25, -0.2) is 4.39 Å². The normalized spacial score (nSPS) is 14.2. The maximum absolute atomic E-state index is 13.9. The minimum absolute atomic E-state index is 0.0879. The predicted octanol–water partition coefficient (Wildman–Crippen LogP) is 4.20. The molecule has 2 unspecified atom stereocenters. The largest absolute Gasteiger partial charge is 0.377 e. The Morgan fingerprint density at radius 2 is 2.05 bits per heavy atom. The van der Waals surface area contributed by atoms with Gasteiger partial charge in [-0.15, -0.1) is 0 Å². The highest BCUT2D eigenvalue weighted by atomic mass is 35.5. The van der Waals surface area contributed by atoms with Gasteiger partial charge in [-0.05, 0) is 56.5 Å². The summed E-state index contributed by atoms with van der Waals surface area (Å²) in [6, 6.07) is 4.81. The van der Waals surface area contributed by atoms with Crippen molar-refractivity contribution in [2.45, 2.75) is 52.2 Å². The molecule has 20 heavy (non-hydrogen) atoms. The lowest BCUT2D eigenvalue weighted by atomic mass is 9.99. The van der Waals surface area contributed by atoms with Gasteiger partial charge in [-0.3, -0.25) is 0 Å². The fourth-order valence-corrected chi connectivity index (χ4v) is 2.53. The molecule has 0 bridgehead atoms. The van der Waals surface area contributed by atoms with Crippen LogP contribution in [0.15, 0.2) is 18.2 Å². The topological polar surface area (TPSA) is 21.3 Å². The number of hydrogen-bond donors (Lipinski definition) is 1. The minimum atomic E-state index is -0.205. The van der Waals surface area contributed by atoms with E-state index in [1.165, 1.54) is 6.07 Å². The Balaban J connectivity index is 2.84. The first-order valence-corrected chi connectivity index (χ1v) is 7.79. The zero-order valence-corrected chi connectivity index (χ0v) is 13.3. The maximum Gasteiger partial charge on any atom is 0.126 e. The van der Waals surface area contributed by atoms with Gasteiger partial charge in [0, 0.05) is 17.7 Å². The van der Waals surface area contributed by atoms with Crippen LogP contribution in [0.25, 0.3) is 0 Å². The summed E-state index contributed by atoms with van der Waals surface area (Å²) in [5.41, 5.74) is 0.643. The zero-order chi connectivity index (χ0) is 15.0. The fourth-order valence-electron chi connectivity index (χ4n) is 2.33. The van der Waals surface area contributed by atoms with Crippen molar-refractivity contribution < 1.29 is 9.13 Å². The Morgan fingerprint density at radius 1 is 1.30 bits per heavy atom. The number of nitrogens with one attached hydrogen (secondary N) is 1. The van der Waals surface area contributed by atoms with Crippen molar-refractivity contribution in [3.63, 3.8) is 0 Å². The second-order valence-corrected chi connectivity index (χ2v) is 5.34. The molecule has 0 aliphatic heterocycles. The minimum Gasteiger partial charge on any atom is -0.377 e. The van der Waals surface area contributed by atoms with Gasteiger partial charge in [0.1, 0.15) is 5.82 Å². The molecule has 1 N–H and O–H groups in total. The Morgan fingerprint density at radius 3 is 2.65 bits per heavy atom. The smallest absolute Gasteiger partial charge is 0.126 e. The van der Waals surface area contributed by atoms with Crippen molar-refractivity contribution in [2.75, 3.05) is 13.2 Å². The predicted molar refractivity (Wildman–Crippen MR) is 82.9 cm³/mol. The van der Waals surface area contributed by atoms with Crippen LogP contribution in [0.5, 0.6) is 0 Å². The third kappa shape index (κ3) is 5.39. The first-order chi connectivity index (χ1) is 9.62. The van der Waals surface area contributed by atoms with Crippen LogP contribution in [-0.2, 0) is 11.2 Å². The van der Waals surface area contributed by atoms with Gasteiger partial charge in [0.2, 0.25) is 0 Å². The molecule has 0 fully saturated rings. The number of halogens is 2. The van der Waals surface area contributed by atoms with Crippen LogP contribution in [0, 0.1) is 5.82 Å². The molecule has 0 aliphatic carbocycles. The van der Waals surface area contributed by atoms with Crippen LogP contribution in [-0.4, -0.2) is 25.3 Å². The Hall–Kier alpha value is -0.640. The van der Waals surface area contributed by atoms with E-state index in [2.05, 4.69) is 19.2 Å². The number of ether oxygens (including phenoxy) is 1. The Labute approximate surface area is 126 Å². The molecule has 0 radical (unpaired) electrons. The zero-order valence-electron chi connectivity index (χ0n) is 12.6. The summed E-state index contributed by atoms with van der Waals surface area (Å²) in [6.07, 6.45) is 2.62. The molecule has 0 saturated carbocycles. The molecule has 0 aliphatic rings. The average molecular weight is 302 g/mol. The van der Waals surface area contributed by atoms with Crippen molar-refractivity contribution in [3.8, 4) is 0 Å². The van der Waals surface area contributed by atoms with E-state index in [9.17, 15) is 4.39 Å². The number of benzene rings is 1. The van der Waals surface area contributed by atoms with Crippen molar-refractivity contribution in [2.24, 2.45) is 0 Å². The summed E-state index contributed by atoms with van der Waals surface area (Å²) in [6.45, 7) is 7.76. The van der Waals surface area contributed by atoms with Gasteiger partial charge in [-0.2, -0.15) is 0 Å². The van der Waals surface area contributed by atoms with E-state index in [1.807, 2.05) is 6.92 Å². The molecule has 0 heterocycles. The standard InChI is InChI=1S/C16H25ClFNO/c1-4-9-19-15(16(5-2)20-6-3)11-12-10-13(17)7-8-14(12)18/h7-8,10,15-16,19H,4-6,9,11H2,1-3H3. The summed E-state index contributed by atoms with van der Waals surface area (Å²) in [7, 11) is 0. The average Bonchev–Trinajstić information content (AvgIpc) is 2.44. The van der Waals surface area contributed by atoms with Crippen LogP contribution in [0.1, 0.15) is 39.2 Å². The molecule has 2 atom stereocenters. The van der Waals surface area contributed by atoms with E-state index >= 15 is 0 Å². The van der Waals surface area contributed by atoms with Crippen LogP contribution < -0.4 is 5.32 Å². The summed E-state index contributed by atoms with van der Waals surface area (Å²) in [5, 5.41) is 4.04. The van der Waals surface area contributed by atoms with Crippen molar-refractivity contribution in [3.05, 3.63) is 34.6 Å². The lowest BCUT2D eigenvalue weighted by molar-refractivity contribution is 0.0318. The van der Waals surface area contributed by atoms with Gasteiger partial charge < -0.3 is 10.1 Å². The molecule has 0 aromatic heterocycles. The van der Waals surface area contributed by atoms with Crippen molar-refractivity contribution in [1.82, 2.24) is 5.32 Å². The second kappa shape index (κ2) is 9.32. The van der Waals surface area contributed by atoms with Gasteiger partial charge in [-0.1, -0.05) is 25.4 Å². The lowest BCUT2D eigenvalue weighted by Crippen LogP contribution is -2.43. The maximum atomic E-state index is 13.9. The van der Waals surface area contributed by atoms with E-state index in [0.29, 0.717) is 23.6 Å². The highest BCUT2D eigenvalue weighted by molar-refractivity contribution is 6.30.